The zero-order chi connectivity index (χ0) is 20.9. The predicted molar refractivity (Wildman–Crippen MR) is 116 cm³/mol. The Bertz CT molecular complexity index is 894. The van der Waals surface area contributed by atoms with Crippen molar-refractivity contribution in [2.24, 2.45) is 0 Å². The second-order valence-corrected chi connectivity index (χ2v) is 8.02. The van der Waals surface area contributed by atoms with E-state index in [1.165, 1.54) is 31.1 Å². The van der Waals surface area contributed by atoms with E-state index in [1.54, 1.807) is 0 Å². The SMILES string of the molecule is COC(=O)NC(Cc1ccccc1)C(=O)N1CCc2c(CN3CCCC3)cccc21. The molecule has 0 saturated carbocycles. The van der Waals surface area contributed by atoms with E-state index in [4.69, 9.17) is 4.74 Å². The molecule has 0 bridgehead atoms. The van der Waals surface area contributed by atoms with Crippen molar-refractivity contribution < 1.29 is 14.3 Å². The fourth-order valence-corrected chi connectivity index (χ4v) is 4.50. The van der Waals surface area contributed by atoms with Crippen molar-refractivity contribution in [2.75, 3.05) is 31.6 Å². The number of nitrogens with zero attached hydrogens (tertiary/aromatic N) is 2. The van der Waals surface area contributed by atoms with Gasteiger partial charge in [0.05, 0.1) is 7.11 Å². The van der Waals surface area contributed by atoms with Crippen LogP contribution < -0.4 is 10.2 Å². The second-order valence-electron chi connectivity index (χ2n) is 8.02. The van der Waals surface area contributed by atoms with E-state index in [1.807, 2.05) is 47.4 Å². The Morgan fingerprint density at radius 1 is 1.03 bits per heavy atom. The Morgan fingerprint density at radius 3 is 2.53 bits per heavy atom. The molecule has 1 atom stereocenters. The van der Waals surface area contributed by atoms with Gasteiger partial charge >= 0.3 is 6.09 Å². The molecule has 2 amide bonds. The van der Waals surface area contributed by atoms with Gasteiger partial charge in [0.15, 0.2) is 0 Å². The highest BCUT2D eigenvalue weighted by Gasteiger charge is 2.32. The third-order valence-corrected chi connectivity index (χ3v) is 6.04. The van der Waals surface area contributed by atoms with Crippen molar-refractivity contribution in [2.45, 2.75) is 38.3 Å². The summed E-state index contributed by atoms with van der Waals surface area (Å²) in [6.07, 6.45) is 3.21. The molecule has 1 N–H and O–H groups in total. The van der Waals surface area contributed by atoms with Gasteiger partial charge in [-0.05, 0) is 55.1 Å². The lowest BCUT2D eigenvalue weighted by Gasteiger charge is -2.25. The van der Waals surface area contributed by atoms with Gasteiger partial charge in [-0.25, -0.2) is 4.79 Å². The lowest BCUT2D eigenvalue weighted by Crippen LogP contribution is -2.49. The zero-order valence-electron chi connectivity index (χ0n) is 17.5. The first-order valence-electron chi connectivity index (χ1n) is 10.7. The normalized spacial score (nSPS) is 16.9. The molecule has 158 valence electrons. The van der Waals surface area contributed by atoms with Crippen molar-refractivity contribution in [3.05, 3.63) is 65.2 Å². The van der Waals surface area contributed by atoms with E-state index in [-0.39, 0.29) is 5.91 Å². The number of methoxy groups -OCH3 is 1. The van der Waals surface area contributed by atoms with Gasteiger partial charge in [-0.1, -0.05) is 42.5 Å². The maximum atomic E-state index is 13.5. The van der Waals surface area contributed by atoms with Gasteiger partial charge in [0.2, 0.25) is 5.91 Å². The number of rotatable bonds is 6. The van der Waals surface area contributed by atoms with Crippen molar-refractivity contribution in [3.63, 3.8) is 0 Å². The smallest absolute Gasteiger partial charge is 0.407 e. The molecule has 6 heteroatoms. The van der Waals surface area contributed by atoms with E-state index in [0.29, 0.717) is 13.0 Å². The summed E-state index contributed by atoms with van der Waals surface area (Å²) in [5.41, 5.74) is 4.54. The number of amides is 2. The van der Waals surface area contributed by atoms with Crippen molar-refractivity contribution in [1.29, 1.82) is 0 Å². The predicted octanol–water partition coefficient (Wildman–Crippen LogP) is 3.14. The fourth-order valence-electron chi connectivity index (χ4n) is 4.50. The molecule has 0 aliphatic carbocycles. The highest BCUT2D eigenvalue weighted by molar-refractivity contribution is 6.00. The number of likely N-dealkylation sites (tertiary alicyclic amines) is 1. The summed E-state index contributed by atoms with van der Waals surface area (Å²) >= 11 is 0. The number of ether oxygens (including phenoxy) is 1. The van der Waals surface area contributed by atoms with Gasteiger partial charge < -0.3 is 15.0 Å². The molecular formula is C24H29N3O3. The maximum Gasteiger partial charge on any atom is 0.407 e. The van der Waals surface area contributed by atoms with Crippen LogP contribution in [0.15, 0.2) is 48.5 Å². The molecule has 30 heavy (non-hydrogen) atoms. The number of carbonyl (C=O) groups is 2. The quantitative estimate of drug-likeness (QED) is 0.799. The first kappa shape index (κ1) is 20.4. The van der Waals surface area contributed by atoms with Crippen LogP contribution in [0.5, 0.6) is 0 Å². The molecular weight excluding hydrogens is 378 g/mol. The number of alkyl carbamates (subject to hydrolysis) is 1. The number of fused-ring (bicyclic) bond motifs is 1. The highest BCUT2D eigenvalue weighted by atomic mass is 16.5. The minimum absolute atomic E-state index is 0.0960. The summed E-state index contributed by atoms with van der Waals surface area (Å²) in [4.78, 5) is 29.7. The minimum atomic E-state index is -0.673. The van der Waals surface area contributed by atoms with Gasteiger partial charge in [0, 0.05) is 25.2 Å². The fraction of sp³-hybridized carbons (Fsp3) is 0.417. The van der Waals surface area contributed by atoms with E-state index >= 15 is 0 Å². The Labute approximate surface area is 177 Å². The Morgan fingerprint density at radius 2 is 1.80 bits per heavy atom. The molecule has 2 aliphatic rings. The molecule has 0 spiro atoms. The van der Waals surface area contributed by atoms with Gasteiger partial charge in [-0.15, -0.1) is 0 Å². The van der Waals surface area contributed by atoms with Crippen molar-refractivity contribution in [3.8, 4) is 0 Å². The standard InChI is InChI=1S/C24H29N3O3/c1-30-24(29)25-21(16-18-8-3-2-4-9-18)23(28)27-15-12-20-19(10-7-11-22(20)27)17-26-13-5-6-14-26/h2-4,7-11,21H,5-6,12-17H2,1H3,(H,25,29). The average Bonchev–Trinajstić information content (AvgIpc) is 3.44. The molecule has 2 aliphatic heterocycles. The van der Waals surface area contributed by atoms with E-state index < -0.39 is 12.1 Å². The van der Waals surface area contributed by atoms with Crippen LogP contribution in [0.1, 0.15) is 29.5 Å². The first-order chi connectivity index (χ1) is 14.7. The first-order valence-corrected chi connectivity index (χ1v) is 10.7. The third kappa shape index (κ3) is 4.49. The van der Waals surface area contributed by atoms with Crippen LogP contribution >= 0.6 is 0 Å². The van der Waals surface area contributed by atoms with Crippen LogP contribution in [0.25, 0.3) is 0 Å². The summed E-state index contributed by atoms with van der Waals surface area (Å²) in [5.74, 6) is -0.0960. The molecule has 1 saturated heterocycles. The Kier molecular flexibility index (Phi) is 6.33. The van der Waals surface area contributed by atoms with Crippen molar-refractivity contribution >= 4 is 17.7 Å². The lowest BCUT2D eigenvalue weighted by molar-refractivity contribution is -0.120. The van der Waals surface area contributed by atoms with Gasteiger partial charge in [0.25, 0.3) is 0 Å². The number of hydrogen-bond acceptors (Lipinski definition) is 4. The average molecular weight is 408 g/mol. The Balaban J connectivity index is 1.55. The summed E-state index contributed by atoms with van der Waals surface area (Å²) in [6.45, 7) is 3.88. The summed E-state index contributed by atoms with van der Waals surface area (Å²) in [6, 6.07) is 15.3. The summed E-state index contributed by atoms with van der Waals surface area (Å²) in [7, 11) is 1.31. The van der Waals surface area contributed by atoms with Gasteiger partial charge in [0.1, 0.15) is 6.04 Å². The summed E-state index contributed by atoms with van der Waals surface area (Å²) in [5, 5.41) is 2.74. The molecule has 4 rings (SSSR count). The van der Waals surface area contributed by atoms with Crippen LogP contribution in [0.2, 0.25) is 0 Å². The molecule has 2 heterocycles. The number of anilines is 1. The van der Waals surface area contributed by atoms with Crippen molar-refractivity contribution in [1.82, 2.24) is 10.2 Å². The zero-order valence-corrected chi connectivity index (χ0v) is 17.5. The van der Waals surface area contributed by atoms with E-state index in [2.05, 4.69) is 16.3 Å². The molecule has 2 aromatic rings. The monoisotopic (exact) mass is 407 g/mol. The van der Waals surface area contributed by atoms with Gasteiger partial charge in [-0.2, -0.15) is 0 Å². The summed E-state index contributed by atoms with van der Waals surface area (Å²) < 4.78 is 4.77. The van der Waals surface area contributed by atoms with Crippen LogP contribution in [0, 0.1) is 0 Å². The van der Waals surface area contributed by atoms with Gasteiger partial charge in [-0.3, -0.25) is 9.69 Å². The molecule has 0 aromatic heterocycles. The molecule has 1 fully saturated rings. The second kappa shape index (κ2) is 9.30. The third-order valence-electron chi connectivity index (χ3n) is 6.04. The van der Waals surface area contributed by atoms with Crippen LogP contribution in [0.4, 0.5) is 10.5 Å². The topological polar surface area (TPSA) is 61.9 Å². The molecule has 2 aromatic carbocycles. The van der Waals surface area contributed by atoms with E-state index in [9.17, 15) is 9.59 Å². The number of benzene rings is 2. The maximum absolute atomic E-state index is 13.5. The minimum Gasteiger partial charge on any atom is -0.453 e. The van der Waals surface area contributed by atoms with E-state index in [0.717, 1.165) is 37.3 Å². The number of carbonyl (C=O) groups excluding carboxylic acids is 2. The molecule has 0 radical (unpaired) electrons. The lowest BCUT2D eigenvalue weighted by atomic mass is 10.0. The molecule has 1 unspecified atom stereocenters. The van der Waals surface area contributed by atoms with Crippen LogP contribution in [-0.2, 0) is 28.9 Å². The highest BCUT2D eigenvalue weighted by Crippen LogP contribution is 2.32. The van der Waals surface area contributed by atoms with Crippen LogP contribution in [0.3, 0.4) is 0 Å². The number of hydrogen-bond donors (Lipinski definition) is 1. The Hall–Kier alpha value is -2.86. The van der Waals surface area contributed by atoms with Crippen LogP contribution in [-0.4, -0.2) is 49.7 Å². The largest absolute Gasteiger partial charge is 0.453 e. The molecule has 6 nitrogen and oxygen atoms in total. The number of nitrogens with one attached hydrogen (secondary N) is 1.